The van der Waals surface area contributed by atoms with Gasteiger partial charge in [0.05, 0.1) is 61.3 Å². The van der Waals surface area contributed by atoms with E-state index >= 15 is 0 Å². The molecule has 0 radical (unpaired) electrons. The van der Waals surface area contributed by atoms with Gasteiger partial charge in [-0.15, -0.1) is 0 Å². The molecule has 6 heterocycles. The van der Waals surface area contributed by atoms with Crippen molar-refractivity contribution in [1.29, 1.82) is 0 Å². The summed E-state index contributed by atoms with van der Waals surface area (Å²) in [4.78, 5) is 74.7. The van der Waals surface area contributed by atoms with E-state index in [1.807, 2.05) is 22.2 Å². The molecule has 2 aliphatic carbocycles. The van der Waals surface area contributed by atoms with Crippen LogP contribution in [0, 0.1) is 18.8 Å². The van der Waals surface area contributed by atoms with Crippen molar-refractivity contribution in [3.8, 4) is 33.6 Å². The predicted molar refractivity (Wildman–Crippen MR) is 248 cm³/mol. The molecule has 2 spiro atoms. The molecule has 4 aromatic rings. The SMILES string of the molecule is COC(=O)NC(C(=O)N1C(C)CCC1c1ncc(-c2ccc(-c3ccc(-c4cnc(C5CCC(C)N5C(=O)C(NC(=O)OC)C5CCOC6(CC6)C5)[nH]4)c(C)c3)cc2)[nH]1)C1CCOC2(CC2)C1. The van der Waals surface area contributed by atoms with Gasteiger partial charge in [-0.05, 0) is 132 Å². The number of ether oxygens (including phenoxy) is 4. The number of benzene rings is 2. The van der Waals surface area contributed by atoms with E-state index in [-0.39, 0.29) is 59.0 Å². The van der Waals surface area contributed by atoms with Crippen molar-refractivity contribution in [1.82, 2.24) is 40.4 Å². The van der Waals surface area contributed by atoms with Crippen LogP contribution in [0.25, 0.3) is 33.6 Å². The Morgan fingerprint density at radius 2 is 1.12 bits per heavy atom. The van der Waals surface area contributed by atoms with Crippen LogP contribution < -0.4 is 10.6 Å². The lowest BCUT2D eigenvalue weighted by Crippen LogP contribution is -2.55. The summed E-state index contributed by atoms with van der Waals surface area (Å²) in [6, 6.07) is 12.8. The number of likely N-dealkylation sites (tertiary alicyclic amines) is 2. The van der Waals surface area contributed by atoms with E-state index in [0.717, 1.165) is 115 Å². The third kappa shape index (κ3) is 8.94. The zero-order valence-electron chi connectivity index (χ0n) is 39.3. The highest BCUT2D eigenvalue weighted by atomic mass is 16.5. The minimum absolute atomic E-state index is 0.0160. The summed E-state index contributed by atoms with van der Waals surface area (Å²) in [6.07, 6.45) is 12.5. The van der Waals surface area contributed by atoms with Crippen molar-refractivity contribution in [2.75, 3.05) is 27.4 Å². The molecule has 4 amide bonds. The Kier molecular flexibility index (Phi) is 12.1. The van der Waals surface area contributed by atoms with Crippen LogP contribution >= 0.6 is 0 Å². The first kappa shape index (κ1) is 45.1. The Hall–Kier alpha value is -5.74. The Morgan fingerprint density at radius 1 is 0.657 bits per heavy atom. The van der Waals surface area contributed by atoms with E-state index < -0.39 is 24.3 Å². The van der Waals surface area contributed by atoms with Gasteiger partial charge in [0, 0.05) is 30.9 Å². The lowest BCUT2D eigenvalue weighted by Gasteiger charge is -2.38. The predicted octanol–water partition coefficient (Wildman–Crippen LogP) is 7.91. The Morgan fingerprint density at radius 3 is 1.60 bits per heavy atom. The lowest BCUT2D eigenvalue weighted by molar-refractivity contribution is -0.140. The maximum atomic E-state index is 14.5. The van der Waals surface area contributed by atoms with Crippen LogP contribution in [-0.4, -0.2) is 117 Å². The molecular weight excluding hydrogens is 853 g/mol. The van der Waals surface area contributed by atoms with Gasteiger partial charge in [0.15, 0.2) is 0 Å². The van der Waals surface area contributed by atoms with Crippen molar-refractivity contribution in [2.24, 2.45) is 11.8 Å². The summed E-state index contributed by atoms with van der Waals surface area (Å²) < 4.78 is 22.1. The number of carbonyl (C=O) groups is 4. The second-order valence-electron chi connectivity index (χ2n) is 20.1. The first-order valence-corrected chi connectivity index (χ1v) is 24.3. The average Bonchev–Trinajstić information content (AvgIpc) is 3.87. The van der Waals surface area contributed by atoms with Crippen LogP contribution in [0.5, 0.6) is 0 Å². The van der Waals surface area contributed by atoms with E-state index in [1.54, 1.807) is 0 Å². The number of methoxy groups -OCH3 is 2. The van der Waals surface area contributed by atoms with E-state index in [1.165, 1.54) is 14.2 Å². The minimum atomic E-state index is -0.703. The summed E-state index contributed by atoms with van der Waals surface area (Å²) in [7, 11) is 2.66. The summed E-state index contributed by atoms with van der Waals surface area (Å²) >= 11 is 0. The van der Waals surface area contributed by atoms with Gasteiger partial charge < -0.3 is 49.3 Å². The number of carbonyl (C=O) groups excluding carboxylic acids is 4. The van der Waals surface area contributed by atoms with Crippen molar-refractivity contribution in [2.45, 2.75) is 145 Å². The smallest absolute Gasteiger partial charge is 0.407 e. The Balaban J connectivity index is 0.816. The van der Waals surface area contributed by atoms with Gasteiger partial charge in [-0.3, -0.25) is 9.59 Å². The molecule has 4 N–H and O–H groups in total. The molecule has 10 rings (SSSR count). The third-order valence-electron chi connectivity index (χ3n) is 15.8. The fourth-order valence-corrected chi connectivity index (χ4v) is 11.7. The first-order valence-electron chi connectivity index (χ1n) is 24.3. The molecule has 356 valence electrons. The summed E-state index contributed by atoms with van der Waals surface area (Å²) in [5.74, 6) is 1.20. The maximum Gasteiger partial charge on any atom is 0.407 e. The van der Waals surface area contributed by atoms with Crippen molar-refractivity contribution in [3.63, 3.8) is 0 Å². The zero-order valence-corrected chi connectivity index (χ0v) is 39.3. The third-order valence-corrected chi connectivity index (χ3v) is 15.8. The van der Waals surface area contributed by atoms with E-state index in [2.05, 4.69) is 83.8 Å². The average molecular weight is 917 g/mol. The molecule has 16 nitrogen and oxygen atoms in total. The Labute approximate surface area is 391 Å². The molecule has 4 aliphatic heterocycles. The second kappa shape index (κ2) is 18.1. The standard InChI is InChI=1S/C51H64N8O8/c1-29-24-34(12-13-37(29)39-28-53-45(55-39)41-15-7-31(3)59(41)47(61)43(57-49(63)65-5)36-17-23-67-51(26-36)20-21-51)32-8-10-33(11-9-32)38-27-52-44(54-38)40-14-6-30(2)58(40)46(60)42(56-48(62)64-4)35-16-22-66-50(25-35)18-19-50/h8-13,24,27-28,30-31,35-36,40-43H,6-7,14-23,25-26H2,1-5H3,(H,52,54)(H,53,55)(H,56,62)(H,57,63). The molecule has 6 aliphatic rings. The van der Waals surface area contributed by atoms with Crippen molar-refractivity contribution >= 4 is 24.0 Å². The van der Waals surface area contributed by atoms with E-state index in [0.29, 0.717) is 26.1 Å². The van der Waals surface area contributed by atoms with Crippen LogP contribution in [0.1, 0.15) is 120 Å². The van der Waals surface area contributed by atoms with Gasteiger partial charge in [-0.25, -0.2) is 19.6 Å². The number of aromatic amines is 2. The molecule has 8 atom stereocenters. The highest BCUT2D eigenvalue weighted by Gasteiger charge is 2.53. The van der Waals surface area contributed by atoms with Crippen molar-refractivity contribution in [3.05, 3.63) is 72.1 Å². The van der Waals surface area contributed by atoms with Gasteiger partial charge in [-0.2, -0.15) is 0 Å². The fraction of sp³-hybridized carbons (Fsp3) is 0.569. The summed E-state index contributed by atoms with van der Waals surface area (Å²) in [5, 5.41) is 5.81. The van der Waals surface area contributed by atoms with Crippen molar-refractivity contribution < 1.29 is 38.1 Å². The highest BCUT2D eigenvalue weighted by molar-refractivity contribution is 5.88. The lowest BCUT2D eigenvalue weighted by atomic mass is 9.86. The molecule has 2 saturated carbocycles. The maximum absolute atomic E-state index is 14.5. The number of nitrogens with one attached hydrogen (secondary N) is 4. The number of hydrogen-bond donors (Lipinski definition) is 4. The minimum Gasteiger partial charge on any atom is -0.453 e. The van der Waals surface area contributed by atoms with Gasteiger partial charge in [0.1, 0.15) is 23.7 Å². The number of rotatable bonds is 11. The molecule has 2 aromatic heterocycles. The van der Waals surface area contributed by atoms with Crippen LogP contribution in [0.2, 0.25) is 0 Å². The van der Waals surface area contributed by atoms with Gasteiger partial charge in [0.25, 0.3) is 0 Å². The van der Waals surface area contributed by atoms with Gasteiger partial charge in [0.2, 0.25) is 11.8 Å². The molecule has 6 fully saturated rings. The highest BCUT2D eigenvalue weighted by Crippen LogP contribution is 2.51. The monoisotopic (exact) mass is 916 g/mol. The number of imidazole rings is 2. The van der Waals surface area contributed by atoms with E-state index in [9.17, 15) is 19.2 Å². The summed E-state index contributed by atoms with van der Waals surface area (Å²) in [5.41, 5.74) is 6.66. The molecular formula is C51H64N8O8. The zero-order chi connectivity index (χ0) is 46.6. The molecule has 16 heteroatoms. The van der Waals surface area contributed by atoms with Crippen LogP contribution in [-0.2, 0) is 28.5 Å². The molecule has 0 bridgehead atoms. The van der Waals surface area contributed by atoms with Gasteiger partial charge >= 0.3 is 12.2 Å². The second-order valence-corrected chi connectivity index (χ2v) is 20.1. The molecule has 8 unspecified atom stereocenters. The quantitative estimate of drug-likeness (QED) is 0.115. The summed E-state index contributed by atoms with van der Waals surface area (Å²) in [6.45, 7) is 7.39. The topological polar surface area (TPSA) is 193 Å². The first-order chi connectivity index (χ1) is 32.4. The number of amides is 4. The normalized spacial score (nSPS) is 26.8. The van der Waals surface area contributed by atoms with Gasteiger partial charge in [-0.1, -0.05) is 42.5 Å². The molecule has 67 heavy (non-hydrogen) atoms. The largest absolute Gasteiger partial charge is 0.453 e. The molecule has 2 aromatic carbocycles. The number of aromatic nitrogens is 4. The number of alkyl carbamates (subject to hydrolysis) is 2. The van der Waals surface area contributed by atoms with Crippen LogP contribution in [0.3, 0.4) is 0 Å². The number of nitrogens with zero attached hydrogens (tertiary/aromatic N) is 4. The van der Waals surface area contributed by atoms with E-state index in [4.69, 9.17) is 28.9 Å². The fourth-order valence-electron chi connectivity index (χ4n) is 11.7. The van der Waals surface area contributed by atoms with Crippen LogP contribution in [0.15, 0.2) is 54.9 Å². The Bertz CT molecular complexity index is 2490. The number of hydrogen-bond acceptors (Lipinski definition) is 10. The number of aryl methyl sites for hydroxylation is 1. The molecule has 4 saturated heterocycles. The van der Waals surface area contributed by atoms with Crippen LogP contribution in [0.4, 0.5) is 9.59 Å². The number of H-pyrrole nitrogens is 2.